The number of hydrogen-bond acceptors (Lipinski definition) is 3. The molecule has 0 saturated heterocycles. The minimum absolute atomic E-state index is 0. The Bertz CT molecular complexity index is 1440. The average Bonchev–Trinajstić information content (AvgIpc) is 3.73. The molecular weight excluding hydrogens is 663 g/mol. The van der Waals surface area contributed by atoms with Crippen molar-refractivity contribution < 1.29 is 20.1 Å². The van der Waals surface area contributed by atoms with Crippen LogP contribution in [0, 0.1) is 32.3 Å². The molecule has 6 rings (SSSR count). The van der Waals surface area contributed by atoms with Gasteiger partial charge in [-0.1, -0.05) is 19.9 Å². The summed E-state index contributed by atoms with van der Waals surface area (Å²) < 4.78 is 7.95. The van der Waals surface area contributed by atoms with Crippen LogP contribution in [0.25, 0.3) is 0 Å². The largest absolute Gasteiger partial charge is 3.00 e. The fourth-order valence-corrected chi connectivity index (χ4v) is 4.14. The maximum atomic E-state index is 4.72. The number of benzene rings is 1. The molecule has 39 heavy (non-hydrogen) atoms. The van der Waals surface area contributed by atoms with E-state index >= 15 is 0 Å². The van der Waals surface area contributed by atoms with E-state index in [0.717, 1.165) is 48.7 Å². The third-order valence-corrected chi connectivity index (χ3v) is 6.16. The van der Waals surface area contributed by atoms with Crippen molar-refractivity contribution in [3.05, 3.63) is 150 Å². The van der Waals surface area contributed by atoms with Crippen LogP contribution in [-0.4, -0.2) is 33.7 Å². The topological polar surface area (TPSA) is 58.4 Å². The third-order valence-electron chi connectivity index (χ3n) is 6.16. The monoisotopic (exact) mass is 693 g/mol. The number of hydrogen-bond donors (Lipinski definition) is 0. The van der Waals surface area contributed by atoms with E-state index in [1.165, 1.54) is 11.4 Å². The molecule has 0 unspecified atom stereocenters. The average molecular weight is 693 g/mol. The molecule has 7 nitrogen and oxygen atoms in total. The summed E-state index contributed by atoms with van der Waals surface area (Å²) in [5, 5.41) is 8.39. The first kappa shape index (κ1) is 28.0. The number of aromatic nitrogens is 7. The van der Waals surface area contributed by atoms with Gasteiger partial charge in [-0.15, -0.1) is 34.9 Å². The zero-order valence-corrected chi connectivity index (χ0v) is 24.4. The van der Waals surface area contributed by atoms with E-state index in [0.29, 0.717) is 0 Å². The Hall–Kier alpha value is -4.00. The first-order valence-corrected chi connectivity index (χ1v) is 12.6. The van der Waals surface area contributed by atoms with Crippen molar-refractivity contribution in [2.75, 3.05) is 0 Å². The smallest absolute Gasteiger partial charge is 0.464 e. The van der Waals surface area contributed by atoms with Gasteiger partial charge in [0.25, 0.3) is 0 Å². The van der Waals surface area contributed by atoms with Gasteiger partial charge in [-0.25, -0.2) is 0 Å². The fourth-order valence-electron chi connectivity index (χ4n) is 4.14. The molecule has 0 spiro atoms. The number of rotatable bonds is 8. The maximum Gasteiger partial charge on any atom is 3.00 e. The van der Waals surface area contributed by atoms with Crippen LogP contribution >= 0.6 is 0 Å². The molecule has 1 aromatic carbocycles. The molecule has 0 atom stereocenters. The Morgan fingerprint density at radius 1 is 0.615 bits per heavy atom. The van der Waals surface area contributed by atoms with Crippen LogP contribution in [0.5, 0.6) is 0 Å². The molecule has 5 heterocycles. The summed E-state index contributed by atoms with van der Waals surface area (Å²) in [7, 11) is 0. The molecule has 0 amide bonds. The van der Waals surface area contributed by atoms with Gasteiger partial charge in [-0.2, -0.15) is 58.7 Å². The fraction of sp³-hybridized carbons (Fsp3) is 0.194. The quantitative estimate of drug-likeness (QED) is 0.212. The van der Waals surface area contributed by atoms with Crippen molar-refractivity contribution in [1.29, 1.82) is 0 Å². The van der Waals surface area contributed by atoms with Crippen molar-refractivity contribution in [2.45, 2.75) is 40.0 Å². The second kappa shape index (κ2) is 13.7. The van der Waals surface area contributed by atoms with Gasteiger partial charge in [0.15, 0.2) is 0 Å². The molecule has 0 aliphatic rings. The summed E-state index contributed by atoms with van der Waals surface area (Å²) >= 11 is 0. The van der Waals surface area contributed by atoms with Crippen LogP contribution in [-0.2, 0) is 46.3 Å². The molecule has 198 valence electrons. The van der Waals surface area contributed by atoms with Gasteiger partial charge in [0.2, 0.25) is 0 Å². The van der Waals surface area contributed by atoms with Gasteiger partial charge in [-0.3, -0.25) is 14.3 Å². The van der Waals surface area contributed by atoms with Crippen molar-refractivity contribution in [3.8, 4) is 0 Å². The van der Waals surface area contributed by atoms with Crippen LogP contribution in [0.2, 0.25) is 0 Å². The Balaban J connectivity index is 0.000000177. The SMILES string of the molecule is Cc1cc[c-]n1Cc1cccc(Cn2[c-]ccc2C)n1.[Ir+3].[c-]1c(Cn2cccn2)cccc1Cn1cccn1. The van der Waals surface area contributed by atoms with Crippen molar-refractivity contribution in [2.24, 2.45) is 0 Å². The van der Waals surface area contributed by atoms with E-state index in [9.17, 15) is 0 Å². The molecular formula is C31H30IrN7. The summed E-state index contributed by atoms with van der Waals surface area (Å²) in [4.78, 5) is 4.72. The molecule has 0 saturated carbocycles. The summed E-state index contributed by atoms with van der Waals surface area (Å²) in [6.45, 7) is 7.19. The van der Waals surface area contributed by atoms with E-state index < -0.39 is 0 Å². The second-order valence-corrected chi connectivity index (χ2v) is 9.11. The van der Waals surface area contributed by atoms with E-state index in [2.05, 4.69) is 94.1 Å². The summed E-state index contributed by atoms with van der Waals surface area (Å²) in [6.07, 6.45) is 13.9. The Kier molecular flexibility index (Phi) is 9.84. The van der Waals surface area contributed by atoms with Crippen LogP contribution < -0.4 is 0 Å². The zero-order valence-electron chi connectivity index (χ0n) is 22.0. The zero-order chi connectivity index (χ0) is 26.2. The molecule has 0 aliphatic heterocycles. The van der Waals surface area contributed by atoms with Crippen molar-refractivity contribution in [3.63, 3.8) is 0 Å². The first-order valence-electron chi connectivity index (χ1n) is 12.6. The minimum Gasteiger partial charge on any atom is -0.464 e. The van der Waals surface area contributed by atoms with Crippen molar-refractivity contribution in [1.82, 2.24) is 33.7 Å². The Labute approximate surface area is 243 Å². The van der Waals surface area contributed by atoms with Gasteiger partial charge >= 0.3 is 20.1 Å². The Morgan fingerprint density at radius 3 is 1.51 bits per heavy atom. The predicted octanol–water partition coefficient (Wildman–Crippen LogP) is 4.97. The van der Waals surface area contributed by atoms with Crippen LogP contribution in [0.15, 0.2) is 97.6 Å². The molecule has 8 heteroatoms. The van der Waals surface area contributed by atoms with E-state index in [4.69, 9.17) is 4.98 Å². The minimum atomic E-state index is 0. The van der Waals surface area contributed by atoms with Gasteiger partial charge in [0.1, 0.15) is 0 Å². The molecule has 6 aromatic rings. The van der Waals surface area contributed by atoms with Crippen LogP contribution in [0.1, 0.15) is 33.9 Å². The number of nitrogens with zero attached hydrogens (tertiary/aromatic N) is 7. The third kappa shape index (κ3) is 7.99. The van der Waals surface area contributed by atoms with E-state index in [1.807, 2.05) is 52.1 Å². The molecule has 5 aromatic heterocycles. The van der Waals surface area contributed by atoms with Crippen LogP contribution in [0.4, 0.5) is 0 Å². The van der Waals surface area contributed by atoms with Gasteiger partial charge in [0.05, 0.1) is 11.4 Å². The van der Waals surface area contributed by atoms with Crippen molar-refractivity contribution >= 4 is 0 Å². The van der Waals surface area contributed by atoms with E-state index in [-0.39, 0.29) is 20.1 Å². The summed E-state index contributed by atoms with van der Waals surface area (Å²) in [5.74, 6) is 0. The Morgan fingerprint density at radius 2 is 1.10 bits per heavy atom. The number of pyridine rings is 1. The second-order valence-electron chi connectivity index (χ2n) is 9.11. The van der Waals surface area contributed by atoms with Gasteiger partial charge in [-0.05, 0) is 24.3 Å². The standard InChI is InChI=1S/C17H17N3.C14H13N4.Ir/c1-14-6-4-10-19(14)12-16-8-3-9-17(18-16)13-20-11-5-7-15(20)2;1-4-13(11-17-8-2-6-15-17)10-14(5-1)12-18-9-3-7-16-18;/h3-9H,12-13H2,1-2H3;1-9H,11-12H2;/q-2;-1;+3. The van der Waals surface area contributed by atoms with Gasteiger partial charge in [0, 0.05) is 51.0 Å². The van der Waals surface area contributed by atoms with E-state index in [1.54, 1.807) is 12.4 Å². The maximum absolute atomic E-state index is 4.72. The molecule has 0 aliphatic carbocycles. The molecule has 0 N–H and O–H groups in total. The summed E-state index contributed by atoms with van der Waals surface area (Å²) in [6, 6.07) is 27.6. The summed E-state index contributed by atoms with van der Waals surface area (Å²) in [5.41, 5.74) is 6.77. The molecule has 0 bridgehead atoms. The molecule has 0 fully saturated rings. The van der Waals surface area contributed by atoms with Crippen LogP contribution in [0.3, 0.4) is 0 Å². The first-order chi connectivity index (χ1) is 18.6. The normalized spacial score (nSPS) is 10.5. The van der Waals surface area contributed by atoms with Gasteiger partial charge < -0.3 is 9.13 Å². The predicted molar refractivity (Wildman–Crippen MR) is 146 cm³/mol. The number of aryl methyl sites for hydroxylation is 2. The molecule has 0 radical (unpaired) electrons.